The molecule has 1 fully saturated rings. The number of benzene rings is 1. The smallest absolute Gasteiger partial charge is 0.339 e. The fourth-order valence-corrected chi connectivity index (χ4v) is 3.93. The van der Waals surface area contributed by atoms with Crippen LogP contribution in [0, 0.1) is 0 Å². The molecule has 10 nitrogen and oxygen atoms in total. The van der Waals surface area contributed by atoms with E-state index in [0.717, 1.165) is 42.9 Å². The summed E-state index contributed by atoms with van der Waals surface area (Å²) < 4.78 is 4.90. The summed E-state index contributed by atoms with van der Waals surface area (Å²) in [4.78, 5) is 33.8. The molecule has 1 saturated heterocycles. The van der Waals surface area contributed by atoms with Crippen molar-refractivity contribution in [2.45, 2.75) is 0 Å². The van der Waals surface area contributed by atoms with Crippen LogP contribution < -0.4 is 15.5 Å². The van der Waals surface area contributed by atoms with E-state index in [4.69, 9.17) is 4.74 Å². The number of methoxy groups -OCH3 is 1. The summed E-state index contributed by atoms with van der Waals surface area (Å²) in [5.74, 6) is 1.14. The van der Waals surface area contributed by atoms with E-state index in [1.165, 1.54) is 7.11 Å². The number of nitrogens with zero attached hydrogens (tertiary/aromatic N) is 5. The number of hydrogen-bond acceptors (Lipinski definition) is 9. The van der Waals surface area contributed by atoms with E-state index in [1.54, 1.807) is 24.4 Å². The fourth-order valence-electron chi connectivity index (χ4n) is 3.93. The molecule has 3 aromatic heterocycles. The van der Waals surface area contributed by atoms with Gasteiger partial charge in [0.15, 0.2) is 5.82 Å². The van der Waals surface area contributed by atoms with Crippen molar-refractivity contribution in [1.82, 2.24) is 24.8 Å². The first-order chi connectivity index (χ1) is 16.6. The Bertz CT molecular complexity index is 1300. The third kappa shape index (κ3) is 4.48. The minimum atomic E-state index is -0.428. The highest BCUT2D eigenvalue weighted by Gasteiger charge is 2.16. The van der Waals surface area contributed by atoms with Gasteiger partial charge in [-0.15, -0.1) is 0 Å². The summed E-state index contributed by atoms with van der Waals surface area (Å²) in [6.45, 7) is 4.05. The minimum Gasteiger partial charge on any atom is -0.465 e. The molecular formula is C24H26N8O2. The van der Waals surface area contributed by atoms with Crippen molar-refractivity contribution in [2.75, 3.05) is 55.9 Å². The third-order valence-corrected chi connectivity index (χ3v) is 5.85. The van der Waals surface area contributed by atoms with Gasteiger partial charge in [0.1, 0.15) is 11.3 Å². The predicted molar refractivity (Wildman–Crippen MR) is 132 cm³/mol. The number of piperazine rings is 1. The van der Waals surface area contributed by atoms with E-state index >= 15 is 0 Å². The zero-order chi connectivity index (χ0) is 23.5. The van der Waals surface area contributed by atoms with Crippen molar-refractivity contribution < 1.29 is 9.53 Å². The summed E-state index contributed by atoms with van der Waals surface area (Å²) in [5.41, 5.74) is 3.55. The number of ether oxygens (including phenoxy) is 1. The second kappa shape index (κ2) is 9.36. The Kier molecular flexibility index (Phi) is 5.96. The van der Waals surface area contributed by atoms with E-state index in [1.807, 2.05) is 24.4 Å². The molecule has 0 bridgehead atoms. The van der Waals surface area contributed by atoms with Crippen molar-refractivity contribution in [2.24, 2.45) is 0 Å². The van der Waals surface area contributed by atoms with Crippen molar-refractivity contribution in [1.29, 1.82) is 0 Å². The number of aromatic nitrogens is 4. The molecule has 0 spiro atoms. The number of esters is 1. The Labute approximate surface area is 197 Å². The number of likely N-dealkylation sites (N-methyl/N-ethyl adjacent to an activating group) is 1. The van der Waals surface area contributed by atoms with Crippen LogP contribution in [0.25, 0.3) is 11.0 Å². The van der Waals surface area contributed by atoms with Crippen LogP contribution in [0.2, 0.25) is 0 Å². The van der Waals surface area contributed by atoms with Gasteiger partial charge in [-0.25, -0.2) is 14.8 Å². The number of carbonyl (C=O) groups excluding carboxylic acids is 1. The number of nitrogens with one attached hydrogen (secondary N) is 3. The zero-order valence-corrected chi connectivity index (χ0v) is 19.1. The lowest BCUT2D eigenvalue weighted by Crippen LogP contribution is -2.44. The van der Waals surface area contributed by atoms with Gasteiger partial charge in [-0.2, -0.15) is 4.98 Å². The van der Waals surface area contributed by atoms with E-state index < -0.39 is 5.97 Å². The molecule has 1 aliphatic rings. The molecule has 174 valence electrons. The van der Waals surface area contributed by atoms with Gasteiger partial charge in [0.25, 0.3) is 0 Å². The lowest BCUT2D eigenvalue weighted by atomic mass is 10.2. The van der Waals surface area contributed by atoms with Crippen LogP contribution in [-0.4, -0.2) is 71.1 Å². The second-order valence-electron chi connectivity index (χ2n) is 8.11. The molecule has 0 atom stereocenters. The zero-order valence-electron chi connectivity index (χ0n) is 19.1. The van der Waals surface area contributed by atoms with Crippen molar-refractivity contribution >= 4 is 46.0 Å². The molecule has 0 amide bonds. The minimum absolute atomic E-state index is 0.394. The van der Waals surface area contributed by atoms with E-state index in [-0.39, 0.29) is 0 Å². The Hall–Kier alpha value is -4.18. The SMILES string of the molecule is COC(=O)c1ccccc1Nc1nc(Nc2ccc(N3CCN(C)CC3)cn2)nc2cc[nH]c12. The maximum Gasteiger partial charge on any atom is 0.339 e. The molecule has 0 aliphatic carbocycles. The average molecular weight is 459 g/mol. The van der Waals surface area contributed by atoms with Crippen LogP contribution in [0.4, 0.5) is 29.0 Å². The number of hydrogen-bond donors (Lipinski definition) is 3. The molecule has 5 rings (SSSR count). The fraction of sp³-hybridized carbons (Fsp3) is 0.250. The molecule has 4 heterocycles. The molecule has 0 saturated carbocycles. The van der Waals surface area contributed by atoms with Gasteiger partial charge < -0.3 is 30.2 Å². The highest BCUT2D eigenvalue weighted by atomic mass is 16.5. The number of anilines is 5. The molecule has 1 aliphatic heterocycles. The molecule has 0 unspecified atom stereocenters. The first-order valence-electron chi connectivity index (χ1n) is 11.1. The quantitative estimate of drug-likeness (QED) is 0.374. The van der Waals surface area contributed by atoms with Gasteiger partial charge >= 0.3 is 5.97 Å². The number of fused-ring (bicyclic) bond motifs is 1. The number of H-pyrrole nitrogens is 1. The van der Waals surface area contributed by atoms with E-state index in [9.17, 15) is 4.79 Å². The van der Waals surface area contributed by atoms with Gasteiger partial charge in [-0.1, -0.05) is 12.1 Å². The molecule has 4 aromatic rings. The van der Waals surface area contributed by atoms with Crippen molar-refractivity contribution in [3.63, 3.8) is 0 Å². The van der Waals surface area contributed by atoms with Crippen molar-refractivity contribution in [3.05, 3.63) is 60.4 Å². The van der Waals surface area contributed by atoms with Gasteiger partial charge in [0, 0.05) is 32.4 Å². The summed E-state index contributed by atoms with van der Waals surface area (Å²) in [5, 5.41) is 6.44. The number of pyridine rings is 1. The number of carbonyl (C=O) groups is 1. The summed E-state index contributed by atoms with van der Waals surface area (Å²) in [6, 6.07) is 13.0. The summed E-state index contributed by atoms with van der Waals surface area (Å²) >= 11 is 0. The normalized spacial score (nSPS) is 14.2. The van der Waals surface area contributed by atoms with Crippen LogP contribution >= 0.6 is 0 Å². The third-order valence-electron chi connectivity index (χ3n) is 5.85. The number of para-hydroxylation sites is 1. The van der Waals surface area contributed by atoms with Gasteiger partial charge in [0.05, 0.1) is 35.8 Å². The highest BCUT2D eigenvalue weighted by Crippen LogP contribution is 2.27. The first-order valence-corrected chi connectivity index (χ1v) is 11.1. The average Bonchev–Trinajstić information content (AvgIpc) is 3.34. The largest absolute Gasteiger partial charge is 0.465 e. The Balaban J connectivity index is 1.39. The van der Waals surface area contributed by atoms with Gasteiger partial charge in [-0.3, -0.25) is 0 Å². The Morgan fingerprint density at radius 3 is 2.62 bits per heavy atom. The van der Waals surface area contributed by atoms with Gasteiger partial charge in [0.2, 0.25) is 5.95 Å². The Morgan fingerprint density at radius 2 is 1.85 bits per heavy atom. The molecule has 0 radical (unpaired) electrons. The van der Waals surface area contributed by atoms with Crippen LogP contribution in [0.1, 0.15) is 10.4 Å². The molecular weight excluding hydrogens is 432 g/mol. The standard InChI is InChI=1S/C24H26N8O2/c1-31-11-13-32(14-12-31)16-7-8-20(26-15-16)29-24-28-19-9-10-25-21(19)22(30-24)27-18-6-4-3-5-17(18)23(33)34-2/h3-10,15,25H,11-14H2,1-2H3,(H2,26,27,28,29,30). The highest BCUT2D eigenvalue weighted by molar-refractivity contribution is 5.98. The van der Waals surface area contributed by atoms with Crippen LogP contribution in [0.5, 0.6) is 0 Å². The molecule has 3 N–H and O–H groups in total. The van der Waals surface area contributed by atoms with Gasteiger partial charge in [-0.05, 0) is 37.4 Å². The lowest BCUT2D eigenvalue weighted by molar-refractivity contribution is 0.0602. The van der Waals surface area contributed by atoms with Crippen LogP contribution in [-0.2, 0) is 4.74 Å². The van der Waals surface area contributed by atoms with E-state index in [0.29, 0.717) is 28.8 Å². The number of aromatic amines is 1. The predicted octanol–water partition coefficient (Wildman–Crippen LogP) is 3.38. The molecule has 34 heavy (non-hydrogen) atoms. The lowest BCUT2D eigenvalue weighted by Gasteiger charge is -2.33. The van der Waals surface area contributed by atoms with Crippen LogP contribution in [0.15, 0.2) is 54.9 Å². The van der Waals surface area contributed by atoms with Crippen molar-refractivity contribution in [3.8, 4) is 0 Å². The molecule has 10 heteroatoms. The topological polar surface area (TPSA) is 111 Å². The molecule has 1 aromatic carbocycles. The number of rotatable bonds is 6. The monoisotopic (exact) mass is 458 g/mol. The summed E-state index contributed by atoms with van der Waals surface area (Å²) in [6.07, 6.45) is 3.66. The van der Waals surface area contributed by atoms with E-state index in [2.05, 4.69) is 53.5 Å². The second-order valence-corrected chi connectivity index (χ2v) is 8.11. The maximum atomic E-state index is 12.2. The van der Waals surface area contributed by atoms with Crippen LogP contribution in [0.3, 0.4) is 0 Å². The Morgan fingerprint density at radius 1 is 1.03 bits per heavy atom. The maximum absolute atomic E-state index is 12.2. The summed E-state index contributed by atoms with van der Waals surface area (Å²) in [7, 11) is 3.50. The first kappa shape index (κ1) is 21.7.